The van der Waals surface area contributed by atoms with Crippen LogP contribution in [0, 0.1) is 5.82 Å². The number of amides is 1. The first-order valence-corrected chi connectivity index (χ1v) is 9.22. The van der Waals surface area contributed by atoms with Crippen LogP contribution in [0.1, 0.15) is 35.0 Å². The molecule has 0 atom stereocenters. The van der Waals surface area contributed by atoms with Crippen LogP contribution in [0.2, 0.25) is 0 Å². The van der Waals surface area contributed by atoms with Gasteiger partial charge in [0.2, 0.25) is 0 Å². The van der Waals surface area contributed by atoms with E-state index < -0.39 is 0 Å². The Morgan fingerprint density at radius 1 is 1.11 bits per heavy atom. The van der Waals surface area contributed by atoms with E-state index in [0.29, 0.717) is 18.5 Å². The normalized spacial score (nSPS) is 10.8. The highest BCUT2D eigenvalue weighted by atomic mass is 19.1. The van der Waals surface area contributed by atoms with Gasteiger partial charge in [0.1, 0.15) is 5.82 Å². The summed E-state index contributed by atoms with van der Waals surface area (Å²) in [4.78, 5) is 14.6. The molecule has 0 spiro atoms. The van der Waals surface area contributed by atoms with Gasteiger partial charge in [-0.3, -0.25) is 4.79 Å². The van der Waals surface area contributed by atoms with Gasteiger partial charge in [0.15, 0.2) is 0 Å². The molecule has 1 heterocycles. The number of hydrogen-bond acceptors (Lipinski definition) is 2. The average molecular weight is 365 g/mol. The number of halogens is 1. The summed E-state index contributed by atoms with van der Waals surface area (Å²) in [6.45, 7) is 2.67. The highest BCUT2D eigenvalue weighted by Crippen LogP contribution is 2.18. The van der Waals surface area contributed by atoms with Gasteiger partial charge in [-0.05, 0) is 49.1 Å². The molecule has 5 heteroatoms. The summed E-state index contributed by atoms with van der Waals surface area (Å²) in [5.74, 6) is -0.327. The summed E-state index contributed by atoms with van der Waals surface area (Å²) in [6.07, 6.45) is 4.11. The minimum atomic E-state index is -0.293. The quantitative estimate of drug-likeness (QED) is 0.627. The molecule has 1 amide bonds. The average Bonchev–Trinajstić information content (AvgIpc) is 3.12. The van der Waals surface area contributed by atoms with E-state index in [-0.39, 0.29) is 11.7 Å². The molecule has 0 saturated heterocycles. The van der Waals surface area contributed by atoms with Crippen LogP contribution in [-0.2, 0) is 12.8 Å². The fourth-order valence-corrected chi connectivity index (χ4v) is 3.17. The van der Waals surface area contributed by atoms with Gasteiger partial charge in [0, 0.05) is 13.6 Å². The molecule has 0 aliphatic heterocycles. The summed E-state index contributed by atoms with van der Waals surface area (Å²) < 4.78 is 14.9. The molecule has 2 aromatic carbocycles. The zero-order valence-corrected chi connectivity index (χ0v) is 15.7. The monoisotopic (exact) mass is 365 g/mol. The SMILES string of the molecule is CCc1c(C(=O)N(C)CCCc2ccccc2)cnn1-c1ccc(F)cc1. The maximum atomic E-state index is 13.2. The fourth-order valence-electron chi connectivity index (χ4n) is 3.17. The molecule has 3 aromatic rings. The number of hydrogen-bond donors (Lipinski definition) is 0. The topological polar surface area (TPSA) is 38.1 Å². The Morgan fingerprint density at radius 3 is 2.48 bits per heavy atom. The molecule has 27 heavy (non-hydrogen) atoms. The first kappa shape index (κ1) is 18.8. The molecule has 0 fully saturated rings. The number of benzene rings is 2. The fraction of sp³-hybridized carbons (Fsp3) is 0.273. The van der Waals surface area contributed by atoms with Crippen molar-refractivity contribution in [2.75, 3.05) is 13.6 Å². The van der Waals surface area contributed by atoms with Crippen molar-refractivity contribution in [2.45, 2.75) is 26.2 Å². The minimum Gasteiger partial charge on any atom is -0.342 e. The Bertz CT molecular complexity index is 888. The summed E-state index contributed by atoms with van der Waals surface area (Å²) in [6, 6.07) is 16.4. The number of carbonyl (C=O) groups is 1. The van der Waals surface area contributed by atoms with Gasteiger partial charge in [0.25, 0.3) is 5.91 Å². The second kappa shape index (κ2) is 8.62. The van der Waals surface area contributed by atoms with Gasteiger partial charge < -0.3 is 4.90 Å². The first-order chi connectivity index (χ1) is 13.1. The first-order valence-electron chi connectivity index (χ1n) is 9.22. The number of rotatable bonds is 7. The van der Waals surface area contributed by atoms with Crippen LogP contribution in [-0.4, -0.2) is 34.2 Å². The molecule has 0 N–H and O–H groups in total. The van der Waals surface area contributed by atoms with E-state index in [2.05, 4.69) is 17.2 Å². The van der Waals surface area contributed by atoms with E-state index in [4.69, 9.17) is 0 Å². The third kappa shape index (κ3) is 4.42. The van der Waals surface area contributed by atoms with Crippen LogP contribution >= 0.6 is 0 Å². The number of aromatic nitrogens is 2. The molecule has 140 valence electrons. The van der Waals surface area contributed by atoms with E-state index in [1.54, 1.807) is 27.9 Å². The standard InChI is InChI=1S/C22H24FN3O/c1-3-21-20(16-24-26(21)19-13-11-18(23)12-14-19)22(27)25(2)15-7-10-17-8-5-4-6-9-17/h4-6,8-9,11-14,16H,3,7,10,15H2,1-2H3. The predicted octanol–water partition coefficient (Wildman–Crippen LogP) is 4.28. The van der Waals surface area contributed by atoms with Crippen LogP contribution in [0.15, 0.2) is 60.8 Å². The van der Waals surface area contributed by atoms with Crippen molar-refractivity contribution in [1.82, 2.24) is 14.7 Å². The Hall–Kier alpha value is -2.95. The van der Waals surface area contributed by atoms with E-state index in [1.165, 1.54) is 17.7 Å². The summed E-state index contributed by atoms with van der Waals surface area (Å²) in [7, 11) is 1.82. The minimum absolute atomic E-state index is 0.0340. The third-order valence-electron chi connectivity index (χ3n) is 4.65. The smallest absolute Gasteiger partial charge is 0.257 e. The lowest BCUT2D eigenvalue weighted by atomic mass is 10.1. The molecular formula is C22H24FN3O. The van der Waals surface area contributed by atoms with E-state index in [1.807, 2.05) is 32.2 Å². The van der Waals surface area contributed by atoms with Crippen LogP contribution < -0.4 is 0 Å². The van der Waals surface area contributed by atoms with Gasteiger partial charge >= 0.3 is 0 Å². The Morgan fingerprint density at radius 2 is 1.81 bits per heavy atom. The maximum absolute atomic E-state index is 13.2. The van der Waals surface area contributed by atoms with Crippen molar-refractivity contribution in [3.05, 3.63) is 83.4 Å². The second-order valence-electron chi connectivity index (χ2n) is 6.56. The third-order valence-corrected chi connectivity index (χ3v) is 4.65. The summed E-state index contributed by atoms with van der Waals surface area (Å²) in [5.41, 5.74) is 3.46. The number of aryl methyl sites for hydroxylation is 1. The zero-order valence-electron chi connectivity index (χ0n) is 15.7. The molecule has 0 radical (unpaired) electrons. The molecule has 0 aliphatic carbocycles. The van der Waals surface area contributed by atoms with Gasteiger partial charge in [-0.2, -0.15) is 5.10 Å². The molecule has 0 unspecified atom stereocenters. The van der Waals surface area contributed by atoms with Gasteiger partial charge in [-0.1, -0.05) is 37.3 Å². The maximum Gasteiger partial charge on any atom is 0.257 e. The number of carbonyl (C=O) groups excluding carboxylic acids is 1. The summed E-state index contributed by atoms with van der Waals surface area (Å²) in [5, 5.41) is 4.36. The van der Waals surface area contributed by atoms with Crippen molar-refractivity contribution >= 4 is 5.91 Å². The molecule has 1 aromatic heterocycles. The van der Waals surface area contributed by atoms with Gasteiger partial charge in [-0.15, -0.1) is 0 Å². The lowest BCUT2D eigenvalue weighted by Crippen LogP contribution is -2.28. The van der Waals surface area contributed by atoms with Crippen LogP contribution in [0.3, 0.4) is 0 Å². The van der Waals surface area contributed by atoms with Gasteiger partial charge in [0.05, 0.1) is 23.1 Å². The molecule has 4 nitrogen and oxygen atoms in total. The molecule has 0 saturated carbocycles. The Kier molecular flexibility index (Phi) is 6.01. The van der Waals surface area contributed by atoms with Crippen LogP contribution in [0.5, 0.6) is 0 Å². The van der Waals surface area contributed by atoms with E-state index in [0.717, 1.165) is 24.2 Å². The van der Waals surface area contributed by atoms with Crippen molar-refractivity contribution in [1.29, 1.82) is 0 Å². The zero-order chi connectivity index (χ0) is 19.2. The molecule has 3 rings (SSSR count). The lowest BCUT2D eigenvalue weighted by molar-refractivity contribution is 0.0792. The van der Waals surface area contributed by atoms with Crippen molar-refractivity contribution < 1.29 is 9.18 Å². The highest BCUT2D eigenvalue weighted by Gasteiger charge is 2.20. The Balaban J connectivity index is 1.69. The Labute approximate surface area is 159 Å². The van der Waals surface area contributed by atoms with Crippen molar-refractivity contribution in [2.24, 2.45) is 0 Å². The second-order valence-corrected chi connectivity index (χ2v) is 6.56. The molecular weight excluding hydrogens is 341 g/mol. The molecule has 0 bridgehead atoms. The van der Waals surface area contributed by atoms with Crippen LogP contribution in [0.4, 0.5) is 4.39 Å². The highest BCUT2D eigenvalue weighted by molar-refractivity contribution is 5.95. The summed E-state index contributed by atoms with van der Waals surface area (Å²) >= 11 is 0. The predicted molar refractivity (Wildman–Crippen MR) is 105 cm³/mol. The van der Waals surface area contributed by atoms with Crippen molar-refractivity contribution in [3.8, 4) is 5.69 Å². The van der Waals surface area contributed by atoms with E-state index in [9.17, 15) is 9.18 Å². The van der Waals surface area contributed by atoms with Crippen LogP contribution in [0.25, 0.3) is 5.69 Å². The lowest BCUT2D eigenvalue weighted by Gasteiger charge is -2.17. The number of nitrogens with zero attached hydrogens (tertiary/aromatic N) is 3. The van der Waals surface area contributed by atoms with E-state index >= 15 is 0 Å². The van der Waals surface area contributed by atoms with Gasteiger partial charge in [-0.25, -0.2) is 9.07 Å². The van der Waals surface area contributed by atoms with Crippen molar-refractivity contribution in [3.63, 3.8) is 0 Å². The molecule has 0 aliphatic rings. The largest absolute Gasteiger partial charge is 0.342 e.